The molecule has 0 bridgehead atoms. The zero-order valence-electron chi connectivity index (χ0n) is 19.3. The molecule has 15 heteroatoms. The second-order valence-electron chi connectivity index (χ2n) is 7.94. The molecule has 0 aliphatic heterocycles. The molecule has 37 heavy (non-hydrogen) atoms. The summed E-state index contributed by atoms with van der Waals surface area (Å²) in [6.45, 7) is 0.576. The molecule has 0 aliphatic rings. The predicted octanol–water partition coefficient (Wildman–Crippen LogP) is 4.60. The topological polar surface area (TPSA) is 102 Å². The summed E-state index contributed by atoms with van der Waals surface area (Å²) in [6, 6.07) is 4.19. The molecule has 0 amide bonds. The molecule has 4 heterocycles. The van der Waals surface area contributed by atoms with Gasteiger partial charge in [-0.25, -0.2) is 19.9 Å². The minimum absolute atomic E-state index is 0.0318. The van der Waals surface area contributed by atoms with Gasteiger partial charge in [0.15, 0.2) is 5.65 Å². The molecule has 9 nitrogen and oxygen atoms in total. The molecular formula is C22H18F6N8O. The number of pyridine rings is 2. The van der Waals surface area contributed by atoms with Gasteiger partial charge in [-0.05, 0) is 32.3 Å². The SMILES string of the molecule is CN(C)CCOc1cc(C(F)(F)F)c(-c2cnc3c(Nc4ccc(C(F)(F)F)cn4)ccnc3n2)nn1. The van der Waals surface area contributed by atoms with Gasteiger partial charge in [0, 0.05) is 25.0 Å². The van der Waals surface area contributed by atoms with Crippen molar-refractivity contribution in [2.75, 3.05) is 32.6 Å². The van der Waals surface area contributed by atoms with Crippen LogP contribution >= 0.6 is 0 Å². The number of nitrogens with one attached hydrogen (secondary N) is 1. The molecular weight excluding hydrogens is 506 g/mol. The number of halogens is 6. The van der Waals surface area contributed by atoms with Crippen LogP contribution in [-0.2, 0) is 12.4 Å². The van der Waals surface area contributed by atoms with E-state index in [1.807, 2.05) is 0 Å². The number of rotatable bonds is 7. The van der Waals surface area contributed by atoms with E-state index in [4.69, 9.17) is 4.74 Å². The maximum absolute atomic E-state index is 13.8. The first kappa shape index (κ1) is 25.9. The van der Waals surface area contributed by atoms with Gasteiger partial charge in [0.25, 0.3) is 0 Å². The van der Waals surface area contributed by atoms with Gasteiger partial charge >= 0.3 is 12.4 Å². The van der Waals surface area contributed by atoms with Crippen LogP contribution < -0.4 is 10.1 Å². The Morgan fingerprint density at radius 1 is 0.919 bits per heavy atom. The number of aromatic nitrogens is 6. The van der Waals surface area contributed by atoms with E-state index in [1.165, 1.54) is 12.3 Å². The Kier molecular flexibility index (Phi) is 7.07. The fourth-order valence-electron chi connectivity index (χ4n) is 3.09. The maximum Gasteiger partial charge on any atom is 0.418 e. The molecule has 194 valence electrons. The van der Waals surface area contributed by atoms with Crippen LogP contribution in [0.15, 0.2) is 42.9 Å². The Labute approximate surface area is 205 Å². The fourth-order valence-corrected chi connectivity index (χ4v) is 3.09. The van der Waals surface area contributed by atoms with Crippen molar-refractivity contribution in [1.82, 2.24) is 35.0 Å². The molecule has 4 aromatic heterocycles. The summed E-state index contributed by atoms with van der Waals surface area (Å²) >= 11 is 0. The molecule has 4 rings (SSSR count). The lowest BCUT2D eigenvalue weighted by molar-refractivity contribution is -0.138. The van der Waals surface area contributed by atoms with Crippen molar-refractivity contribution in [2.24, 2.45) is 0 Å². The first-order chi connectivity index (χ1) is 17.4. The van der Waals surface area contributed by atoms with Crippen LogP contribution in [-0.4, -0.2) is 62.3 Å². The highest BCUT2D eigenvalue weighted by atomic mass is 19.4. The van der Waals surface area contributed by atoms with E-state index in [0.29, 0.717) is 12.7 Å². The summed E-state index contributed by atoms with van der Waals surface area (Å²) in [5, 5.41) is 10.2. The molecule has 1 N–H and O–H groups in total. The van der Waals surface area contributed by atoms with Crippen LogP contribution in [0.1, 0.15) is 11.1 Å². The quantitative estimate of drug-likeness (QED) is 0.348. The third kappa shape index (κ3) is 6.17. The summed E-state index contributed by atoms with van der Waals surface area (Å²) in [5.41, 5.74) is -2.43. The molecule has 4 aromatic rings. The van der Waals surface area contributed by atoms with Crippen molar-refractivity contribution in [3.63, 3.8) is 0 Å². The van der Waals surface area contributed by atoms with Gasteiger partial charge in [0.1, 0.15) is 29.3 Å². The molecule has 0 atom stereocenters. The van der Waals surface area contributed by atoms with Crippen LogP contribution in [0.5, 0.6) is 5.88 Å². The average Bonchev–Trinajstić information content (AvgIpc) is 2.83. The molecule has 0 unspecified atom stereocenters. The Bertz CT molecular complexity index is 1390. The third-order valence-electron chi connectivity index (χ3n) is 4.91. The number of anilines is 2. The number of ether oxygens (including phenoxy) is 1. The minimum Gasteiger partial charge on any atom is -0.475 e. The Morgan fingerprint density at radius 3 is 2.35 bits per heavy atom. The average molecular weight is 524 g/mol. The zero-order valence-corrected chi connectivity index (χ0v) is 19.3. The van der Waals surface area contributed by atoms with Gasteiger partial charge in [-0.1, -0.05) is 0 Å². The molecule has 0 radical (unpaired) electrons. The van der Waals surface area contributed by atoms with Crippen molar-refractivity contribution in [3.05, 3.63) is 54.0 Å². The second kappa shape index (κ2) is 10.1. The predicted molar refractivity (Wildman–Crippen MR) is 120 cm³/mol. The van der Waals surface area contributed by atoms with Crippen molar-refractivity contribution in [1.29, 1.82) is 0 Å². The maximum atomic E-state index is 13.8. The van der Waals surface area contributed by atoms with Crippen molar-refractivity contribution in [3.8, 4) is 17.3 Å². The number of likely N-dealkylation sites (N-methyl/N-ethyl adjacent to an activating group) is 1. The molecule has 0 aromatic carbocycles. The number of hydrogen-bond acceptors (Lipinski definition) is 9. The number of hydrogen-bond donors (Lipinski definition) is 1. The van der Waals surface area contributed by atoms with E-state index in [-0.39, 0.29) is 40.8 Å². The second-order valence-corrected chi connectivity index (χ2v) is 7.94. The van der Waals surface area contributed by atoms with Gasteiger partial charge in [-0.3, -0.25) is 0 Å². The fraction of sp³-hybridized carbons (Fsp3) is 0.273. The van der Waals surface area contributed by atoms with Crippen LogP contribution in [0.25, 0.3) is 22.6 Å². The minimum atomic E-state index is -4.79. The Hall–Kier alpha value is -4.14. The standard InChI is InChI=1S/C22H18F6N8O/c1-36(2)7-8-37-17-9-13(22(26,27)28)18(35-34-17)15-11-31-19-14(5-6-29-20(19)33-15)32-16-4-3-12(10-30-16)21(23,24)25/h3-6,9-11H,7-8H2,1-2H3,(H,29,30,32,33). The van der Waals surface area contributed by atoms with Crippen LogP contribution in [0.3, 0.4) is 0 Å². The summed E-state index contributed by atoms with van der Waals surface area (Å²) < 4.78 is 85.0. The van der Waals surface area contributed by atoms with Gasteiger partial charge in [-0.2, -0.15) is 26.3 Å². The normalized spacial score (nSPS) is 12.2. The van der Waals surface area contributed by atoms with E-state index in [9.17, 15) is 26.3 Å². The first-order valence-electron chi connectivity index (χ1n) is 10.6. The van der Waals surface area contributed by atoms with Crippen LogP contribution in [0.4, 0.5) is 37.8 Å². The van der Waals surface area contributed by atoms with E-state index in [2.05, 4.69) is 35.5 Å². The molecule has 0 saturated heterocycles. The van der Waals surface area contributed by atoms with Gasteiger partial charge in [0.2, 0.25) is 5.88 Å². The Balaban J connectivity index is 1.65. The van der Waals surface area contributed by atoms with E-state index < -0.39 is 29.2 Å². The molecule has 0 fully saturated rings. The van der Waals surface area contributed by atoms with Crippen molar-refractivity contribution in [2.45, 2.75) is 12.4 Å². The lowest BCUT2D eigenvalue weighted by Gasteiger charge is -2.14. The summed E-state index contributed by atoms with van der Waals surface area (Å²) in [6.07, 6.45) is -6.27. The smallest absolute Gasteiger partial charge is 0.418 e. The highest BCUT2D eigenvalue weighted by Gasteiger charge is 2.36. The van der Waals surface area contributed by atoms with Gasteiger partial charge < -0.3 is 15.0 Å². The van der Waals surface area contributed by atoms with Gasteiger partial charge in [-0.15, -0.1) is 10.2 Å². The Morgan fingerprint density at radius 2 is 1.70 bits per heavy atom. The monoisotopic (exact) mass is 524 g/mol. The van der Waals surface area contributed by atoms with Crippen molar-refractivity contribution >= 4 is 22.7 Å². The van der Waals surface area contributed by atoms with E-state index >= 15 is 0 Å². The lowest BCUT2D eigenvalue weighted by Crippen LogP contribution is -2.20. The van der Waals surface area contributed by atoms with Crippen molar-refractivity contribution < 1.29 is 31.1 Å². The first-order valence-corrected chi connectivity index (χ1v) is 10.6. The van der Waals surface area contributed by atoms with Gasteiger partial charge in [0.05, 0.1) is 23.0 Å². The molecule has 0 saturated carbocycles. The highest BCUT2D eigenvalue weighted by Crippen LogP contribution is 2.37. The third-order valence-corrected chi connectivity index (χ3v) is 4.91. The highest BCUT2D eigenvalue weighted by molar-refractivity contribution is 5.87. The summed E-state index contributed by atoms with van der Waals surface area (Å²) in [4.78, 5) is 17.9. The van der Waals surface area contributed by atoms with Crippen LogP contribution in [0.2, 0.25) is 0 Å². The zero-order chi connectivity index (χ0) is 26.8. The van der Waals surface area contributed by atoms with Crippen LogP contribution in [0, 0.1) is 0 Å². The summed E-state index contributed by atoms with van der Waals surface area (Å²) in [7, 11) is 3.57. The summed E-state index contributed by atoms with van der Waals surface area (Å²) in [5.74, 6) is -0.207. The lowest BCUT2D eigenvalue weighted by atomic mass is 10.1. The number of nitrogens with zero attached hydrogens (tertiary/aromatic N) is 7. The molecule has 0 spiro atoms. The van der Waals surface area contributed by atoms with E-state index in [0.717, 1.165) is 24.4 Å². The van der Waals surface area contributed by atoms with E-state index in [1.54, 1.807) is 19.0 Å². The molecule has 0 aliphatic carbocycles. The largest absolute Gasteiger partial charge is 0.475 e. The number of fused-ring (bicyclic) bond motifs is 1. The number of alkyl halides is 6.